The van der Waals surface area contributed by atoms with Gasteiger partial charge in [-0.2, -0.15) is 5.10 Å². The normalized spacial score (nSPS) is 17.2. The zero-order valence-corrected chi connectivity index (χ0v) is 12.9. The fourth-order valence-corrected chi connectivity index (χ4v) is 2.99. The summed E-state index contributed by atoms with van der Waals surface area (Å²) in [6, 6.07) is 3.66. The highest BCUT2D eigenvalue weighted by molar-refractivity contribution is 5.97. The minimum absolute atomic E-state index is 0.0917. The van der Waals surface area contributed by atoms with Crippen molar-refractivity contribution in [1.29, 1.82) is 0 Å². The number of aryl methyl sites for hydroxylation is 2. The van der Waals surface area contributed by atoms with Gasteiger partial charge in [0.1, 0.15) is 11.5 Å². The minimum Gasteiger partial charge on any atom is -0.346 e. The molecule has 7 heteroatoms. The molecule has 1 aliphatic heterocycles. The Morgan fingerprint density at radius 2 is 2.43 bits per heavy atom. The minimum atomic E-state index is -0.125. The first-order valence-corrected chi connectivity index (χ1v) is 7.92. The number of carbonyl (C=O) groups excluding carboxylic acids is 1. The number of aromatic amines is 1. The molecule has 0 bridgehead atoms. The highest BCUT2D eigenvalue weighted by Gasteiger charge is 2.25. The number of nitrogens with zero attached hydrogens (tertiary/aromatic N) is 4. The van der Waals surface area contributed by atoms with Crippen LogP contribution < -0.4 is 5.32 Å². The number of amides is 1. The fourth-order valence-electron chi connectivity index (χ4n) is 2.99. The van der Waals surface area contributed by atoms with Crippen molar-refractivity contribution in [3.63, 3.8) is 0 Å². The summed E-state index contributed by atoms with van der Waals surface area (Å²) in [5, 5.41) is 8.47. The lowest BCUT2D eigenvalue weighted by Crippen LogP contribution is -2.33. The average Bonchev–Trinajstić information content (AvgIpc) is 3.20. The average molecular weight is 310 g/mol. The van der Waals surface area contributed by atoms with E-state index in [9.17, 15) is 4.79 Å². The largest absolute Gasteiger partial charge is 0.346 e. The standard InChI is InChI=1S/C16H18N6O/c1-2-13-20-15-12(4-3-7-22(15)21-13)19-16(23)11-8-10-5-6-17-14(10)18-9-11/h5-6,8-9,12H,2-4,7H2,1H3,(H,17,18)(H,19,23)/t12-/m0/s1. The number of H-pyrrole nitrogens is 1. The van der Waals surface area contributed by atoms with Gasteiger partial charge in [0, 0.05) is 30.7 Å². The molecule has 4 rings (SSSR count). The number of nitrogens with one attached hydrogen (secondary N) is 2. The molecule has 7 nitrogen and oxygen atoms in total. The second-order valence-electron chi connectivity index (χ2n) is 5.77. The third-order valence-corrected chi connectivity index (χ3v) is 4.20. The summed E-state index contributed by atoms with van der Waals surface area (Å²) < 4.78 is 1.92. The van der Waals surface area contributed by atoms with E-state index in [0.29, 0.717) is 5.56 Å². The fraction of sp³-hybridized carbons (Fsp3) is 0.375. The Morgan fingerprint density at radius 3 is 3.30 bits per heavy atom. The maximum absolute atomic E-state index is 12.5. The van der Waals surface area contributed by atoms with Crippen molar-refractivity contribution in [2.24, 2.45) is 0 Å². The lowest BCUT2D eigenvalue weighted by atomic mass is 10.1. The van der Waals surface area contributed by atoms with Crippen LogP contribution in [0.15, 0.2) is 24.5 Å². The zero-order chi connectivity index (χ0) is 15.8. The van der Waals surface area contributed by atoms with E-state index in [0.717, 1.165) is 48.5 Å². The van der Waals surface area contributed by atoms with Gasteiger partial charge in [-0.25, -0.2) is 14.6 Å². The first-order chi connectivity index (χ1) is 11.2. The third-order valence-electron chi connectivity index (χ3n) is 4.20. The number of aromatic nitrogens is 5. The number of hydrogen-bond donors (Lipinski definition) is 2. The van der Waals surface area contributed by atoms with E-state index in [1.54, 1.807) is 6.20 Å². The summed E-state index contributed by atoms with van der Waals surface area (Å²) in [5.74, 6) is 1.56. The summed E-state index contributed by atoms with van der Waals surface area (Å²) in [6.45, 7) is 2.90. The summed E-state index contributed by atoms with van der Waals surface area (Å²) >= 11 is 0. The van der Waals surface area contributed by atoms with Crippen molar-refractivity contribution in [1.82, 2.24) is 30.0 Å². The molecule has 1 amide bonds. The SMILES string of the molecule is CCc1nc2n(n1)CCC[C@@H]2NC(=O)c1cnc2[nH]ccc2c1. The van der Waals surface area contributed by atoms with E-state index >= 15 is 0 Å². The maximum atomic E-state index is 12.5. The number of pyridine rings is 1. The molecule has 0 saturated carbocycles. The topological polar surface area (TPSA) is 88.5 Å². The van der Waals surface area contributed by atoms with Crippen LogP contribution in [0.4, 0.5) is 0 Å². The van der Waals surface area contributed by atoms with E-state index in [1.807, 2.05) is 29.9 Å². The molecule has 0 spiro atoms. The van der Waals surface area contributed by atoms with E-state index in [-0.39, 0.29) is 11.9 Å². The first kappa shape index (κ1) is 13.9. The van der Waals surface area contributed by atoms with Crippen molar-refractivity contribution in [2.45, 2.75) is 38.8 Å². The van der Waals surface area contributed by atoms with Gasteiger partial charge in [0.25, 0.3) is 5.91 Å². The molecule has 0 aromatic carbocycles. The molecule has 0 aliphatic carbocycles. The van der Waals surface area contributed by atoms with Gasteiger partial charge in [-0.15, -0.1) is 0 Å². The van der Waals surface area contributed by atoms with Gasteiger partial charge < -0.3 is 10.3 Å². The Kier molecular flexibility index (Phi) is 3.33. The Hall–Kier alpha value is -2.70. The van der Waals surface area contributed by atoms with Crippen molar-refractivity contribution >= 4 is 16.9 Å². The Labute approximate surface area is 133 Å². The maximum Gasteiger partial charge on any atom is 0.253 e. The molecule has 0 saturated heterocycles. The zero-order valence-electron chi connectivity index (χ0n) is 12.9. The van der Waals surface area contributed by atoms with Gasteiger partial charge in [-0.05, 0) is 25.0 Å². The highest BCUT2D eigenvalue weighted by atomic mass is 16.1. The molecule has 3 aromatic heterocycles. The van der Waals surface area contributed by atoms with Crippen LogP contribution in [-0.4, -0.2) is 30.6 Å². The molecule has 0 unspecified atom stereocenters. The van der Waals surface area contributed by atoms with E-state index < -0.39 is 0 Å². The Balaban J connectivity index is 1.58. The van der Waals surface area contributed by atoms with Gasteiger partial charge in [-0.3, -0.25) is 4.79 Å². The van der Waals surface area contributed by atoms with Crippen LogP contribution >= 0.6 is 0 Å². The third kappa shape index (κ3) is 2.48. The molecular weight excluding hydrogens is 292 g/mol. The molecule has 1 atom stereocenters. The molecule has 0 fully saturated rings. The quantitative estimate of drug-likeness (QED) is 0.774. The molecule has 0 radical (unpaired) electrons. The Bertz CT molecular complexity index is 864. The summed E-state index contributed by atoms with van der Waals surface area (Å²) in [4.78, 5) is 24.4. The number of carbonyl (C=O) groups is 1. The van der Waals surface area contributed by atoms with Gasteiger partial charge in [0.05, 0.1) is 11.6 Å². The van der Waals surface area contributed by atoms with Gasteiger partial charge in [0.2, 0.25) is 0 Å². The van der Waals surface area contributed by atoms with Gasteiger partial charge in [-0.1, -0.05) is 6.92 Å². The lowest BCUT2D eigenvalue weighted by molar-refractivity contribution is 0.0927. The number of rotatable bonds is 3. The molecular formula is C16H18N6O. The second kappa shape index (κ2) is 5.49. The van der Waals surface area contributed by atoms with Gasteiger partial charge >= 0.3 is 0 Å². The second-order valence-corrected chi connectivity index (χ2v) is 5.77. The van der Waals surface area contributed by atoms with E-state index in [4.69, 9.17) is 0 Å². The first-order valence-electron chi connectivity index (χ1n) is 7.92. The van der Waals surface area contributed by atoms with Crippen LogP contribution in [0.5, 0.6) is 0 Å². The molecule has 23 heavy (non-hydrogen) atoms. The smallest absolute Gasteiger partial charge is 0.253 e. The van der Waals surface area contributed by atoms with Crippen LogP contribution in [0.25, 0.3) is 11.0 Å². The lowest BCUT2D eigenvalue weighted by Gasteiger charge is -2.23. The predicted octanol–water partition coefficient (Wildman–Crippen LogP) is 1.98. The monoisotopic (exact) mass is 310 g/mol. The molecule has 1 aliphatic rings. The predicted molar refractivity (Wildman–Crippen MR) is 84.9 cm³/mol. The molecule has 2 N–H and O–H groups in total. The van der Waals surface area contributed by atoms with Crippen molar-refractivity contribution in [2.75, 3.05) is 0 Å². The van der Waals surface area contributed by atoms with Crippen LogP contribution in [0.3, 0.4) is 0 Å². The highest BCUT2D eigenvalue weighted by Crippen LogP contribution is 2.24. The van der Waals surface area contributed by atoms with Crippen LogP contribution in [0, 0.1) is 0 Å². The molecule has 3 aromatic rings. The van der Waals surface area contributed by atoms with Crippen molar-refractivity contribution in [3.05, 3.63) is 41.7 Å². The number of fused-ring (bicyclic) bond motifs is 2. The number of hydrogen-bond acceptors (Lipinski definition) is 4. The summed E-state index contributed by atoms with van der Waals surface area (Å²) in [7, 11) is 0. The summed E-state index contributed by atoms with van der Waals surface area (Å²) in [5.41, 5.74) is 1.34. The molecule has 4 heterocycles. The summed E-state index contributed by atoms with van der Waals surface area (Å²) in [6.07, 6.45) is 6.08. The molecule has 118 valence electrons. The van der Waals surface area contributed by atoms with Gasteiger partial charge in [0.15, 0.2) is 5.82 Å². The van der Waals surface area contributed by atoms with E-state index in [2.05, 4.69) is 25.4 Å². The van der Waals surface area contributed by atoms with Crippen molar-refractivity contribution < 1.29 is 4.79 Å². The van der Waals surface area contributed by atoms with Crippen LogP contribution in [0.1, 0.15) is 47.8 Å². The van der Waals surface area contributed by atoms with Crippen LogP contribution in [-0.2, 0) is 13.0 Å². The van der Waals surface area contributed by atoms with Crippen molar-refractivity contribution in [3.8, 4) is 0 Å². The van der Waals surface area contributed by atoms with Crippen LogP contribution in [0.2, 0.25) is 0 Å². The van der Waals surface area contributed by atoms with E-state index in [1.165, 1.54) is 0 Å². The Morgan fingerprint density at radius 1 is 1.52 bits per heavy atom.